The first kappa shape index (κ1) is 29.4. The zero-order valence-electron chi connectivity index (χ0n) is 21.8. The van der Waals surface area contributed by atoms with Gasteiger partial charge in [-0.25, -0.2) is 0 Å². The Hall–Kier alpha value is -4.09. The average Bonchev–Trinajstić information content (AvgIpc) is 3.76. The molecule has 0 amide bonds. The Morgan fingerprint density at radius 1 is 1.10 bits per heavy atom. The van der Waals surface area contributed by atoms with Crippen molar-refractivity contribution in [3.8, 4) is 17.4 Å². The van der Waals surface area contributed by atoms with Crippen molar-refractivity contribution in [2.24, 2.45) is 5.92 Å². The number of hydrogen-bond acceptors (Lipinski definition) is 7. The van der Waals surface area contributed by atoms with Gasteiger partial charge in [-0.3, -0.25) is 14.2 Å². The topological polar surface area (TPSA) is 114 Å². The standard InChI is InChI=1S/C29H24Cl2F2N2O7/c30-21-12-34(39)13-22(31)20(21)11-24(18-7-8-23(42-29(32)33)25(9-18)40-15-16-5-6-16)41-27(37)14-35-26(36)10-17-3-1-2-4-19(17)28(35)38/h1-4,7-10,12-13,16,24,29,38H,5-6,11,14-15H2/t24-/m0/s1. The summed E-state index contributed by atoms with van der Waals surface area (Å²) in [5.74, 6) is -1.19. The van der Waals surface area contributed by atoms with E-state index in [-0.39, 0.29) is 40.1 Å². The summed E-state index contributed by atoms with van der Waals surface area (Å²) in [6, 6.07) is 12.0. The number of nitrogens with zero attached hydrogens (tertiary/aromatic N) is 2. The van der Waals surface area contributed by atoms with E-state index in [9.17, 15) is 28.7 Å². The van der Waals surface area contributed by atoms with Crippen molar-refractivity contribution in [2.45, 2.75) is 38.5 Å². The monoisotopic (exact) mass is 620 g/mol. The van der Waals surface area contributed by atoms with Crippen LogP contribution in [0.5, 0.6) is 17.4 Å². The number of fused-ring (bicyclic) bond motifs is 1. The fourth-order valence-corrected chi connectivity index (χ4v) is 5.03. The van der Waals surface area contributed by atoms with Crippen molar-refractivity contribution in [3.05, 3.63) is 97.7 Å². The molecule has 1 aliphatic rings. The van der Waals surface area contributed by atoms with Crippen molar-refractivity contribution in [2.75, 3.05) is 6.61 Å². The van der Waals surface area contributed by atoms with Crippen LogP contribution in [-0.4, -0.2) is 28.9 Å². The van der Waals surface area contributed by atoms with Gasteiger partial charge in [-0.15, -0.1) is 0 Å². The number of hydrogen-bond donors (Lipinski definition) is 1. The fourth-order valence-electron chi connectivity index (χ4n) is 4.43. The minimum Gasteiger partial charge on any atom is -0.619 e. The van der Waals surface area contributed by atoms with E-state index in [1.165, 1.54) is 24.3 Å². The molecule has 0 aliphatic heterocycles. The first-order valence-electron chi connectivity index (χ1n) is 12.9. The van der Waals surface area contributed by atoms with Gasteiger partial charge in [0.05, 0.1) is 6.61 Å². The lowest BCUT2D eigenvalue weighted by Gasteiger charge is -2.22. The van der Waals surface area contributed by atoms with E-state index in [1.54, 1.807) is 24.3 Å². The molecule has 1 saturated carbocycles. The molecule has 2 aromatic heterocycles. The molecule has 0 saturated heterocycles. The van der Waals surface area contributed by atoms with Crippen LogP contribution in [0.1, 0.15) is 30.1 Å². The maximum absolute atomic E-state index is 13.2. The lowest BCUT2D eigenvalue weighted by Crippen LogP contribution is -2.27. The predicted octanol–water partition coefficient (Wildman–Crippen LogP) is 5.56. The van der Waals surface area contributed by atoms with E-state index in [2.05, 4.69) is 4.74 Å². The first-order valence-corrected chi connectivity index (χ1v) is 13.6. The molecule has 2 heterocycles. The number of halogens is 4. The van der Waals surface area contributed by atoms with Crippen LogP contribution < -0.4 is 19.8 Å². The summed E-state index contributed by atoms with van der Waals surface area (Å²) in [4.78, 5) is 25.9. The lowest BCUT2D eigenvalue weighted by atomic mass is 10.0. The normalized spacial score (nSPS) is 13.7. The van der Waals surface area contributed by atoms with E-state index in [4.69, 9.17) is 32.7 Å². The van der Waals surface area contributed by atoms with Crippen LogP contribution in [0.2, 0.25) is 10.0 Å². The Labute approximate surface area is 248 Å². The minimum absolute atomic E-state index is 0.00445. The van der Waals surface area contributed by atoms with Crippen molar-refractivity contribution in [1.82, 2.24) is 4.57 Å². The van der Waals surface area contributed by atoms with Crippen LogP contribution in [0.3, 0.4) is 0 Å². The zero-order valence-corrected chi connectivity index (χ0v) is 23.4. The van der Waals surface area contributed by atoms with Gasteiger partial charge in [-0.05, 0) is 47.9 Å². The highest BCUT2D eigenvalue weighted by Crippen LogP contribution is 2.38. The molecule has 9 nitrogen and oxygen atoms in total. The molecule has 5 rings (SSSR count). The van der Waals surface area contributed by atoms with E-state index in [0.29, 0.717) is 27.0 Å². The molecule has 0 spiro atoms. The van der Waals surface area contributed by atoms with Crippen LogP contribution in [0.25, 0.3) is 10.8 Å². The third kappa shape index (κ3) is 6.85. The largest absolute Gasteiger partial charge is 0.619 e. The highest BCUT2D eigenvalue weighted by molar-refractivity contribution is 6.35. The zero-order chi connectivity index (χ0) is 30.0. The fraction of sp³-hybridized carbons (Fsp3) is 0.276. The number of carbonyl (C=O) groups is 1. The van der Waals surface area contributed by atoms with Gasteiger partial charge in [0.2, 0.25) is 5.88 Å². The van der Waals surface area contributed by atoms with Gasteiger partial charge < -0.3 is 24.5 Å². The van der Waals surface area contributed by atoms with Gasteiger partial charge in [0.25, 0.3) is 5.56 Å². The second-order valence-electron chi connectivity index (χ2n) is 9.79. The summed E-state index contributed by atoms with van der Waals surface area (Å²) >= 11 is 12.6. The summed E-state index contributed by atoms with van der Waals surface area (Å²) in [6.45, 7) is -3.45. The van der Waals surface area contributed by atoms with Gasteiger partial charge in [-0.2, -0.15) is 13.5 Å². The Morgan fingerprint density at radius 2 is 1.81 bits per heavy atom. The molecular formula is C29H24Cl2F2N2O7. The van der Waals surface area contributed by atoms with E-state index < -0.39 is 36.7 Å². The summed E-state index contributed by atoms with van der Waals surface area (Å²) in [7, 11) is 0. The molecule has 1 fully saturated rings. The van der Waals surface area contributed by atoms with Gasteiger partial charge in [0.1, 0.15) is 22.7 Å². The molecule has 0 bridgehead atoms. The van der Waals surface area contributed by atoms with E-state index >= 15 is 0 Å². The van der Waals surface area contributed by atoms with Gasteiger partial charge in [-0.1, -0.05) is 47.5 Å². The highest BCUT2D eigenvalue weighted by atomic mass is 35.5. The molecule has 42 heavy (non-hydrogen) atoms. The Bertz CT molecular complexity index is 1670. The molecule has 220 valence electrons. The Morgan fingerprint density at radius 3 is 2.50 bits per heavy atom. The Kier molecular flexibility index (Phi) is 8.69. The molecule has 0 radical (unpaired) electrons. The highest BCUT2D eigenvalue weighted by Gasteiger charge is 2.27. The van der Waals surface area contributed by atoms with Gasteiger partial charge in [0, 0.05) is 23.4 Å². The van der Waals surface area contributed by atoms with Crippen molar-refractivity contribution >= 4 is 39.9 Å². The number of aromatic hydroxyl groups is 1. The molecule has 2 aromatic carbocycles. The van der Waals surface area contributed by atoms with Crippen LogP contribution >= 0.6 is 23.2 Å². The van der Waals surface area contributed by atoms with E-state index in [1.807, 2.05) is 0 Å². The van der Waals surface area contributed by atoms with Crippen LogP contribution in [0, 0.1) is 11.1 Å². The molecule has 13 heteroatoms. The summed E-state index contributed by atoms with van der Waals surface area (Å²) < 4.78 is 43.6. The Balaban J connectivity index is 1.48. The number of carbonyl (C=O) groups excluding carboxylic acids is 1. The van der Waals surface area contributed by atoms with Gasteiger partial charge in [0.15, 0.2) is 23.9 Å². The molecule has 1 atom stereocenters. The number of aromatic nitrogens is 2. The maximum atomic E-state index is 13.2. The number of benzene rings is 2. The average molecular weight is 621 g/mol. The minimum atomic E-state index is -3.10. The third-order valence-electron chi connectivity index (χ3n) is 6.74. The van der Waals surface area contributed by atoms with Gasteiger partial charge >= 0.3 is 12.6 Å². The quantitative estimate of drug-likeness (QED) is 0.133. The third-order valence-corrected chi connectivity index (χ3v) is 7.39. The molecule has 4 aromatic rings. The number of alkyl halides is 2. The maximum Gasteiger partial charge on any atom is 0.387 e. The van der Waals surface area contributed by atoms with Crippen LogP contribution in [0.4, 0.5) is 8.78 Å². The van der Waals surface area contributed by atoms with Crippen LogP contribution in [-0.2, 0) is 22.5 Å². The number of ether oxygens (including phenoxy) is 3. The summed E-state index contributed by atoms with van der Waals surface area (Å²) in [5.41, 5.74) is -0.0303. The SMILES string of the molecule is O=C(Cn1c(O)c2ccccc2cc1=O)O[C@@H](Cc1c(Cl)c[n+]([O-])cc1Cl)c1ccc(OC(F)F)c(OCC2CC2)c1. The second-order valence-corrected chi connectivity index (χ2v) is 10.6. The first-order chi connectivity index (χ1) is 20.1. The lowest BCUT2D eigenvalue weighted by molar-refractivity contribution is -0.605. The smallest absolute Gasteiger partial charge is 0.387 e. The van der Waals surface area contributed by atoms with Crippen molar-refractivity contribution in [3.63, 3.8) is 0 Å². The molecule has 1 N–H and O–H groups in total. The predicted molar refractivity (Wildman–Crippen MR) is 149 cm³/mol. The van der Waals surface area contributed by atoms with Crippen molar-refractivity contribution < 1.29 is 37.6 Å². The molecule has 0 unspecified atom stereocenters. The number of rotatable bonds is 11. The summed E-state index contributed by atoms with van der Waals surface area (Å²) in [6.07, 6.45) is 2.82. The molecular weight excluding hydrogens is 597 g/mol. The second kappa shape index (κ2) is 12.4. The number of esters is 1. The van der Waals surface area contributed by atoms with E-state index in [0.717, 1.165) is 29.8 Å². The number of pyridine rings is 2. The summed E-state index contributed by atoms with van der Waals surface area (Å²) in [5, 5.41) is 23.4. The van der Waals surface area contributed by atoms with Crippen LogP contribution in [0.15, 0.2) is 65.7 Å². The van der Waals surface area contributed by atoms with Crippen molar-refractivity contribution in [1.29, 1.82) is 0 Å². The molecule has 1 aliphatic carbocycles.